The molecule has 1 aliphatic heterocycles. The smallest absolute Gasteiger partial charge is 0.312 e. The number of carbonyl (C=O) groups is 2. The highest BCUT2D eigenvalue weighted by Crippen LogP contribution is 2.19. The van der Waals surface area contributed by atoms with Crippen molar-refractivity contribution in [3.05, 3.63) is 66.0 Å². The SMILES string of the molecule is NC(=O)NC(Cc1ccccc1)C(=O)N1CCN(S(=O)(=O)c2cccc(F)c2)CC1. The van der Waals surface area contributed by atoms with Gasteiger partial charge < -0.3 is 16.0 Å². The Bertz CT molecular complexity index is 1010. The van der Waals surface area contributed by atoms with Crippen LogP contribution < -0.4 is 11.1 Å². The van der Waals surface area contributed by atoms with Gasteiger partial charge in [0.15, 0.2) is 0 Å². The van der Waals surface area contributed by atoms with Crippen molar-refractivity contribution in [2.75, 3.05) is 26.2 Å². The summed E-state index contributed by atoms with van der Waals surface area (Å²) >= 11 is 0. The van der Waals surface area contributed by atoms with Crippen molar-refractivity contribution in [2.24, 2.45) is 5.73 Å². The number of carbonyl (C=O) groups excluding carboxylic acids is 2. The standard InChI is InChI=1S/C20H23FN4O4S/c21-16-7-4-8-17(14-16)30(28,29)25-11-9-24(10-12-25)19(26)18(23-20(22)27)13-15-5-2-1-3-6-15/h1-8,14,18H,9-13H2,(H3,22,23,27). The average Bonchev–Trinajstić information content (AvgIpc) is 2.73. The molecule has 3 N–H and O–H groups in total. The van der Waals surface area contributed by atoms with Gasteiger partial charge in [0, 0.05) is 32.6 Å². The van der Waals surface area contributed by atoms with E-state index in [1.807, 2.05) is 30.3 Å². The number of primary amides is 1. The van der Waals surface area contributed by atoms with Crippen LogP contribution in [0.25, 0.3) is 0 Å². The van der Waals surface area contributed by atoms with Gasteiger partial charge in [-0.1, -0.05) is 36.4 Å². The van der Waals surface area contributed by atoms with E-state index in [0.29, 0.717) is 0 Å². The number of amides is 3. The number of nitrogens with one attached hydrogen (secondary N) is 1. The van der Waals surface area contributed by atoms with Crippen LogP contribution in [0.4, 0.5) is 9.18 Å². The molecule has 0 radical (unpaired) electrons. The Hall–Kier alpha value is -2.98. The lowest BCUT2D eigenvalue weighted by atomic mass is 10.0. The zero-order chi connectivity index (χ0) is 21.7. The zero-order valence-corrected chi connectivity index (χ0v) is 17.0. The third-order valence-electron chi connectivity index (χ3n) is 4.88. The molecule has 160 valence electrons. The maximum absolute atomic E-state index is 13.4. The molecule has 1 saturated heterocycles. The third kappa shape index (κ3) is 5.14. The summed E-state index contributed by atoms with van der Waals surface area (Å²) < 4.78 is 40.1. The van der Waals surface area contributed by atoms with Crippen molar-refractivity contribution < 1.29 is 22.4 Å². The molecule has 1 aliphatic rings. The number of piperazine rings is 1. The molecule has 0 bridgehead atoms. The van der Waals surface area contributed by atoms with Crippen LogP contribution in [0, 0.1) is 5.82 Å². The number of sulfonamides is 1. The van der Waals surface area contributed by atoms with Gasteiger partial charge in [-0.3, -0.25) is 4.79 Å². The molecule has 10 heteroatoms. The predicted molar refractivity (Wildman–Crippen MR) is 108 cm³/mol. The number of hydrogen-bond acceptors (Lipinski definition) is 4. The lowest BCUT2D eigenvalue weighted by Gasteiger charge is -2.35. The molecule has 1 fully saturated rings. The summed E-state index contributed by atoms with van der Waals surface area (Å²) in [7, 11) is -3.86. The Kier molecular flexibility index (Phi) is 6.68. The lowest BCUT2D eigenvalue weighted by molar-refractivity contribution is -0.134. The number of urea groups is 1. The Morgan fingerprint density at radius 3 is 2.30 bits per heavy atom. The van der Waals surface area contributed by atoms with Gasteiger partial charge in [0.05, 0.1) is 4.90 Å². The number of rotatable bonds is 6. The quantitative estimate of drug-likeness (QED) is 0.704. The van der Waals surface area contributed by atoms with Gasteiger partial charge >= 0.3 is 6.03 Å². The monoisotopic (exact) mass is 434 g/mol. The first-order valence-electron chi connectivity index (χ1n) is 9.42. The van der Waals surface area contributed by atoms with Gasteiger partial charge in [0.25, 0.3) is 0 Å². The van der Waals surface area contributed by atoms with Crippen LogP contribution in [-0.4, -0.2) is 61.8 Å². The maximum atomic E-state index is 13.4. The molecular weight excluding hydrogens is 411 g/mol. The maximum Gasteiger partial charge on any atom is 0.312 e. The van der Waals surface area contributed by atoms with Gasteiger partial charge in [0.1, 0.15) is 11.9 Å². The Balaban J connectivity index is 1.67. The molecule has 0 aliphatic carbocycles. The van der Waals surface area contributed by atoms with Gasteiger partial charge in [-0.25, -0.2) is 17.6 Å². The van der Waals surface area contributed by atoms with Crippen molar-refractivity contribution in [3.8, 4) is 0 Å². The normalized spacial score (nSPS) is 16.1. The van der Waals surface area contributed by atoms with E-state index in [9.17, 15) is 22.4 Å². The molecule has 8 nitrogen and oxygen atoms in total. The van der Waals surface area contributed by atoms with Crippen molar-refractivity contribution in [2.45, 2.75) is 17.4 Å². The topological polar surface area (TPSA) is 113 Å². The second-order valence-corrected chi connectivity index (χ2v) is 8.88. The Labute approximate surface area is 174 Å². The van der Waals surface area contributed by atoms with Gasteiger partial charge in [-0.15, -0.1) is 0 Å². The molecule has 3 amide bonds. The minimum Gasteiger partial charge on any atom is -0.352 e. The Morgan fingerprint density at radius 2 is 1.70 bits per heavy atom. The summed E-state index contributed by atoms with van der Waals surface area (Å²) in [6.45, 7) is 0.441. The van der Waals surface area contributed by atoms with Gasteiger partial charge in [-0.05, 0) is 23.8 Å². The molecule has 0 spiro atoms. The second kappa shape index (κ2) is 9.23. The Morgan fingerprint density at radius 1 is 1.03 bits per heavy atom. The molecule has 1 atom stereocenters. The van der Waals surface area contributed by atoms with Crippen LogP contribution in [-0.2, 0) is 21.2 Å². The highest BCUT2D eigenvalue weighted by molar-refractivity contribution is 7.89. The van der Waals surface area contributed by atoms with E-state index >= 15 is 0 Å². The van der Waals surface area contributed by atoms with E-state index in [1.54, 1.807) is 0 Å². The minimum absolute atomic E-state index is 0.0687. The molecule has 2 aromatic rings. The predicted octanol–water partition coefficient (Wildman–Crippen LogP) is 0.938. The van der Waals surface area contributed by atoms with Gasteiger partial charge in [0.2, 0.25) is 15.9 Å². The van der Waals surface area contributed by atoms with E-state index in [-0.39, 0.29) is 43.4 Å². The summed E-state index contributed by atoms with van der Waals surface area (Å²) in [5.41, 5.74) is 6.09. The van der Waals surface area contributed by atoms with Crippen molar-refractivity contribution in [1.82, 2.24) is 14.5 Å². The molecule has 0 saturated carbocycles. The molecular formula is C20H23FN4O4S. The number of halogens is 1. The molecule has 1 heterocycles. The van der Waals surface area contributed by atoms with Crippen LogP contribution in [0.1, 0.15) is 5.56 Å². The van der Waals surface area contributed by atoms with Crippen molar-refractivity contribution in [1.29, 1.82) is 0 Å². The van der Waals surface area contributed by atoms with E-state index in [2.05, 4.69) is 5.32 Å². The van der Waals surface area contributed by atoms with Crippen LogP contribution in [0.2, 0.25) is 0 Å². The fourth-order valence-corrected chi connectivity index (χ4v) is 4.82. The number of hydrogen-bond donors (Lipinski definition) is 2. The highest BCUT2D eigenvalue weighted by Gasteiger charge is 2.33. The molecule has 1 unspecified atom stereocenters. The number of nitrogens with two attached hydrogens (primary N) is 1. The molecule has 30 heavy (non-hydrogen) atoms. The fraction of sp³-hybridized carbons (Fsp3) is 0.300. The molecule has 0 aromatic heterocycles. The first-order chi connectivity index (χ1) is 14.3. The van der Waals surface area contributed by atoms with Crippen LogP contribution in [0.5, 0.6) is 0 Å². The van der Waals surface area contributed by atoms with Crippen LogP contribution >= 0.6 is 0 Å². The van der Waals surface area contributed by atoms with E-state index < -0.39 is 27.9 Å². The van der Waals surface area contributed by atoms with Gasteiger partial charge in [-0.2, -0.15) is 4.31 Å². The van der Waals surface area contributed by atoms with E-state index in [4.69, 9.17) is 5.73 Å². The molecule has 3 rings (SSSR count). The second-order valence-electron chi connectivity index (χ2n) is 6.94. The first kappa shape index (κ1) is 21.7. The minimum atomic E-state index is -3.86. The summed E-state index contributed by atoms with van der Waals surface area (Å²) in [5, 5.41) is 2.47. The highest BCUT2D eigenvalue weighted by atomic mass is 32.2. The van der Waals surface area contributed by atoms with E-state index in [0.717, 1.165) is 11.6 Å². The first-order valence-corrected chi connectivity index (χ1v) is 10.9. The third-order valence-corrected chi connectivity index (χ3v) is 6.78. The van der Waals surface area contributed by atoms with E-state index in [1.165, 1.54) is 27.4 Å². The molecule has 2 aromatic carbocycles. The van der Waals surface area contributed by atoms with Crippen molar-refractivity contribution in [3.63, 3.8) is 0 Å². The number of benzene rings is 2. The zero-order valence-electron chi connectivity index (χ0n) is 16.2. The van der Waals surface area contributed by atoms with Crippen LogP contribution in [0.3, 0.4) is 0 Å². The van der Waals surface area contributed by atoms with Crippen LogP contribution in [0.15, 0.2) is 59.5 Å². The largest absolute Gasteiger partial charge is 0.352 e. The lowest BCUT2D eigenvalue weighted by Crippen LogP contribution is -2.56. The summed E-state index contributed by atoms with van der Waals surface area (Å²) in [6.07, 6.45) is 0.268. The summed E-state index contributed by atoms with van der Waals surface area (Å²) in [4.78, 5) is 25.7. The summed E-state index contributed by atoms with van der Waals surface area (Å²) in [6, 6.07) is 12.3. The van der Waals surface area contributed by atoms with Crippen molar-refractivity contribution >= 4 is 22.0 Å². The summed E-state index contributed by atoms with van der Waals surface area (Å²) in [5.74, 6) is -0.966. The average molecular weight is 434 g/mol. The number of nitrogens with zero attached hydrogens (tertiary/aromatic N) is 2. The fourth-order valence-electron chi connectivity index (χ4n) is 3.37.